The van der Waals surface area contributed by atoms with Crippen LogP contribution >= 0.6 is 24.2 Å². The van der Waals surface area contributed by atoms with Crippen LogP contribution in [0.2, 0.25) is 0 Å². The molecule has 1 saturated carbocycles. The number of anilines is 1. The summed E-state index contributed by atoms with van der Waals surface area (Å²) in [4.78, 5) is 21.8. The second kappa shape index (κ2) is 10.0. The van der Waals surface area contributed by atoms with Crippen molar-refractivity contribution in [1.82, 2.24) is 4.90 Å². The number of thioether (sulfide) groups is 1. The highest BCUT2D eigenvalue weighted by Crippen LogP contribution is 2.36. The van der Waals surface area contributed by atoms with E-state index >= 15 is 0 Å². The summed E-state index contributed by atoms with van der Waals surface area (Å²) in [6.07, 6.45) is 6.31. The van der Waals surface area contributed by atoms with E-state index in [1.54, 1.807) is 18.7 Å². The predicted molar refractivity (Wildman–Crippen MR) is 124 cm³/mol. The van der Waals surface area contributed by atoms with Crippen LogP contribution < -0.4 is 4.90 Å². The number of rotatable bonds is 4. The van der Waals surface area contributed by atoms with Crippen LogP contribution in [0.1, 0.15) is 71.3 Å². The third-order valence-electron chi connectivity index (χ3n) is 5.72. The van der Waals surface area contributed by atoms with Gasteiger partial charge in [-0.2, -0.15) is 0 Å². The van der Waals surface area contributed by atoms with Gasteiger partial charge in [0.2, 0.25) is 5.91 Å². The summed E-state index contributed by atoms with van der Waals surface area (Å²) in [5, 5.41) is 1.37. The highest BCUT2D eigenvalue weighted by atomic mass is 35.5. The summed E-state index contributed by atoms with van der Waals surface area (Å²) in [5.41, 5.74) is 2.26. The third-order valence-corrected chi connectivity index (χ3v) is 6.94. The second-order valence-electron chi connectivity index (χ2n) is 8.19. The highest BCUT2D eigenvalue weighted by Gasteiger charge is 2.40. The number of carbonyl (C=O) groups excluding carboxylic acids is 1. The minimum absolute atomic E-state index is 0. The molecule has 2 atom stereocenters. The fourth-order valence-electron chi connectivity index (χ4n) is 4.15. The topological polar surface area (TPSA) is 35.9 Å². The van der Waals surface area contributed by atoms with Crippen molar-refractivity contribution in [2.75, 3.05) is 11.9 Å². The number of benzene rings is 1. The van der Waals surface area contributed by atoms with Crippen LogP contribution in [-0.2, 0) is 4.79 Å². The molecular formula is C22H34ClN3OS. The number of hydrogen-bond acceptors (Lipinski definition) is 3. The summed E-state index contributed by atoms with van der Waals surface area (Å²) in [5.74, 6) is 0.568. The molecule has 1 saturated heterocycles. The summed E-state index contributed by atoms with van der Waals surface area (Å²) in [7, 11) is 2.08. The quantitative estimate of drug-likeness (QED) is 0.626. The van der Waals surface area contributed by atoms with Crippen LogP contribution in [0.5, 0.6) is 0 Å². The van der Waals surface area contributed by atoms with Crippen LogP contribution in [0.4, 0.5) is 5.69 Å². The van der Waals surface area contributed by atoms with E-state index in [1.165, 1.54) is 37.7 Å². The monoisotopic (exact) mass is 423 g/mol. The van der Waals surface area contributed by atoms with Gasteiger partial charge in [-0.05, 0) is 43.4 Å². The predicted octanol–water partition coefficient (Wildman–Crippen LogP) is 5.67. The summed E-state index contributed by atoms with van der Waals surface area (Å²) < 4.78 is 0. The first-order chi connectivity index (χ1) is 12.9. The van der Waals surface area contributed by atoms with E-state index in [-0.39, 0.29) is 29.7 Å². The zero-order valence-electron chi connectivity index (χ0n) is 17.7. The van der Waals surface area contributed by atoms with Gasteiger partial charge in [0.15, 0.2) is 5.17 Å². The van der Waals surface area contributed by atoms with Gasteiger partial charge in [0.05, 0.1) is 6.04 Å². The Morgan fingerprint density at radius 3 is 2.32 bits per heavy atom. The van der Waals surface area contributed by atoms with Gasteiger partial charge in [-0.3, -0.25) is 14.7 Å². The van der Waals surface area contributed by atoms with Gasteiger partial charge in [-0.1, -0.05) is 57.0 Å². The van der Waals surface area contributed by atoms with Gasteiger partial charge in [-0.25, -0.2) is 0 Å². The van der Waals surface area contributed by atoms with E-state index < -0.39 is 0 Å². The van der Waals surface area contributed by atoms with Gasteiger partial charge in [0.1, 0.15) is 6.17 Å². The molecule has 2 unspecified atom stereocenters. The van der Waals surface area contributed by atoms with Crippen molar-refractivity contribution in [3.8, 4) is 0 Å². The zero-order valence-corrected chi connectivity index (χ0v) is 19.4. The molecule has 0 aromatic heterocycles. The lowest BCUT2D eigenvalue weighted by atomic mass is 9.96. The van der Waals surface area contributed by atoms with Gasteiger partial charge in [0, 0.05) is 24.9 Å². The zero-order chi connectivity index (χ0) is 19.6. The second-order valence-corrected chi connectivity index (χ2v) is 9.53. The molecule has 2 aliphatic rings. The smallest absolute Gasteiger partial charge is 0.225 e. The molecule has 3 rings (SSSR count). The van der Waals surface area contributed by atoms with E-state index in [2.05, 4.69) is 57.0 Å². The fraction of sp³-hybridized carbons (Fsp3) is 0.636. The average molecular weight is 424 g/mol. The number of hydrogen-bond donors (Lipinski definition) is 0. The van der Waals surface area contributed by atoms with Crippen molar-refractivity contribution in [2.45, 2.75) is 83.2 Å². The summed E-state index contributed by atoms with van der Waals surface area (Å²) >= 11 is 1.81. The van der Waals surface area contributed by atoms with E-state index in [4.69, 9.17) is 4.99 Å². The number of aliphatic imine (C=N–C) groups is 1. The van der Waals surface area contributed by atoms with Gasteiger partial charge in [-0.15, -0.1) is 12.4 Å². The number of amidine groups is 1. The van der Waals surface area contributed by atoms with Crippen molar-refractivity contribution in [2.24, 2.45) is 4.99 Å². The molecule has 0 spiro atoms. The van der Waals surface area contributed by atoms with Crippen LogP contribution in [0, 0.1) is 0 Å². The minimum atomic E-state index is -0.000240. The molecule has 0 N–H and O–H groups in total. The molecule has 6 heteroatoms. The first-order valence-corrected chi connectivity index (χ1v) is 11.1. The molecule has 1 aromatic rings. The van der Waals surface area contributed by atoms with Crippen molar-refractivity contribution in [3.63, 3.8) is 0 Å². The Balaban J connectivity index is 0.00000280. The Morgan fingerprint density at radius 2 is 1.79 bits per heavy atom. The Morgan fingerprint density at radius 1 is 1.18 bits per heavy atom. The standard InChI is InChI=1S/C22H33N3OS.ClH/c1-15(2)18-11-13-20(14-12-18)25(17(4)26)21-16(3)27-22(24(21)5)23-19-9-7-6-8-10-19;/h11-16,19,21H,6-10H2,1-5H3;1H. The molecule has 0 bridgehead atoms. The fourth-order valence-corrected chi connectivity index (χ4v) is 5.39. The lowest BCUT2D eigenvalue weighted by Gasteiger charge is -2.35. The maximum atomic E-state index is 12.6. The van der Waals surface area contributed by atoms with Crippen molar-refractivity contribution >= 4 is 40.9 Å². The van der Waals surface area contributed by atoms with Crippen molar-refractivity contribution in [3.05, 3.63) is 29.8 Å². The molecule has 28 heavy (non-hydrogen) atoms. The first-order valence-electron chi connectivity index (χ1n) is 10.3. The van der Waals surface area contributed by atoms with E-state index in [0.717, 1.165) is 10.9 Å². The molecule has 4 nitrogen and oxygen atoms in total. The third kappa shape index (κ3) is 5.04. The Labute approximate surface area is 180 Å². The Kier molecular flexibility index (Phi) is 8.26. The molecule has 0 radical (unpaired) electrons. The number of halogens is 1. The molecule has 1 aliphatic heterocycles. The van der Waals surface area contributed by atoms with Crippen LogP contribution in [0.3, 0.4) is 0 Å². The molecule has 156 valence electrons. The number of nitrogens with zero attached hydrogens (tertiary/aromatic N) is 3. The summed E-state index contributed by atoms with van der Waals surface area (Å²) in [6.45, 7) is 8.25. The van der Waals surface area contributed by atoms with Gasteiger partial charge in [0.25, 0.3) is 0 Å². The van der Waals surface area contributed by atoms with Crippen molar-refractivity contribution < 1.29 is 4.79 Å². The number of carbonyl (C=O) groups is 1. The lowest BCUT2D eigenvalue weighted by Crippen LogP contribution is -2.50. The van der Waals surface area contributed by atoms with Crippen LogP contribution in [0.15, 0.2) is 29.3 Å². The van der Waals surface area contributed by atoms with E-state index in [0.29, 0.717) is 12.0 Å². The van der Waals surface area contributed by atoms with Gasteiger partial charge < -0.3 is 4.90 Å². The molecule has 2 fully saturated rings. The Hall–Kier alpha value is -1.20. The molecule has 1 aromatic carbocycles. The van der Waals surface area contributed by atoms with E-state index in [1.807, 2.05) is 4.90 Å². The number of amides is 1. The van der Waals surface area contributed by atoms with Crippen LogP contribution in [0.25, 0.3) is 0 Å². The molecule has 1 heterocycles. The van der Waals surface area contributed by atoms with Crippen molar-refractivity contribution in [1.29, 1.82) is 0 Å². The molecule has 1 aliphatic carbocycles. The normalized spacial score (nSPS) is 24.5. The minimum Gasteiger partial charge on any atom is -0.333 e. The van der Waals surface area contributed by atoms with E-state index in [9.17, 15) is 4.79 Å². The largest absolute Gasteiger partial charge is 0.333 e. The maximum Gasteiger partial charge on any atom is 0.225 e. The summed E-state index contributed by atoms with van der Waals surface area (Å²) in [6, 6.07) is 8.89. The Bertz CT molecular complexity index is 686. The molecule has 1 amide bonds. The van der Waals surface area contributed by atoms with Crippen LogP contribution in [-0.4, -0.2) is 40.5 Å². The highest BCUT2D eigenvalue weighted by molar-refractivity contribution is 8.14. The van der Waals surface area contributed by atoms with Gasteiger partial charge >= 0.3 is 0 Å². The average Bonchev–Trinajstić information content (AvgIpc) is 2.91. The lowest BCUT2D eigenvalue weighted by molar-refractivity contribution is -0.117. The molecular weight excluding hydrogens is 390 g/mol. The first kappa shape index (κ1) is 23.1. The maximum absolute atomic E-state index is 12.6. The SMILES string of the molecule is CC(=O)N(c1ccc(C(C)C)cc1)C1C(C)SC(=NC2CCCCC2)N1C.Cl.